The Kier molecular flexibility index (Phi) is 4.12. The van der Waals surface area contributed by atoms with Gasteiger partial charge in [0.05, 0.1) is 24.3 Å². The van der Waals surface area contributed by atoms with Crippen LogP contribution in [-0.2, 0) is 4.74 Å². The van der Waals surface area contributed by atoms with Crippen molar-refractivity contribution in [1.82, 2.24) is 0 Å². The first-order valence-electron chi connectivity index (χ1n) is 5.52. The lowest BCUT2D eigenvalue weighted by Gasteiger charge is -2.27. The summed E-state index contributed by atoms with van der Waals surface area (Å²) in [6, 6.07) is 6.85. The number of aliphatic hydroxyl groups is 1. The number of anilines is 1. The zero-order valence-electron chi connectivity index (χ0n) is 10.7. The smallest absolute Gasteiger partial charge is 0.337 e. The van der Waals surface area contributed by atoms with E-state index in [1.165, 1.54) is 7.11 Å². The molecule has 0 amide bonds. The molecule has 0 heterocycles. The van der Waals surface area contributed by atoms with Gasteiger partial charge in [0.1, 0.15) is 0 Å². The maximum Gasteiger partial charge on any atom is 0.337 e. The van der Waals surface area contributed by atoms with Gasteiger partial charge in [-0.25, -0.2) is 4.79 Å². The van der Waals surface area contributed by atoms with Gasteiger partial charge in [0.25, 0.3) is 0 Å². The molecule has 1 atom stereocenters. The molecular weight excluding hydrogens is 218 g/mol. The van der Waals surface area contributed by atoms with Crippen LogP contribution in [-0.4, -0.2) is 29.8 Å². The van der Waals surface area contributed by atoms with Gasteiger partial charge in [-0.1, -0.05) is 0 Å². The van der Waals surface area contributed by atoms with Gasteiger partial charge in [-0.15, -0.1) is 0 Å². The Morgan fingerprint density at radius 1 is 1.35 bits per heavy atom. The quantitative estimate of drug-likeness (QED) is 0.787. The van der Waals surface area contributed by atoms with Gasteiger partial charge < -0.3 is 15.2 Å². The summed E-state index contributed by atoms with van der Waals surface area (Å²) in [5.74, 6) is -0.355. The van der Waals surface area contributed by atoms with E-state index < -0.39 is 5.60 Å². The molecule has 0 aromatic heterocycles. The molecule has 0 bridgehead atoms. The third-order valence-electron chi connectivity index (χ3n) is 2.75. The fraction of sp³-hybridized carbons (Fsp3) is 0.462. The first-order valence-corrected chi connectivity index (χ1v) is 5.52. The number of carbonyl (C=O) groups excluding carboxylic acids is 1. The van der Waals surface area contributed by atoms with Crippen LogP contribution in [0.4, 0.5) is 5.69 Å². The molecule has 94 valence electrons. The van der Waals surface area contributed by atoms with E-state index in [1.54, 1.807) is 38.1 Å². The minimum absolute atomic E-state index is 0.0912. The average Bonchev–Trinajstić information content (AvgIpc) is 2.27. The van der Waals surface area contributed by atoms with E-state index in [0.717, 1.165) is 5.69 Å². The minimum atomic E-state index is -0.805. The zero-order valence-corrected chi connectivity index (χ0v) is 10.7. The van der Waals surface area contributed by atoms with Crippen LogP contribution >= 0.6 is 0 Å². The van der Waals surface area contributed by atoms with E-state index in [-0.39, 0.29) is 12.0 Å². The Balaban J connectivity index is 2.72. The SMILES string of the molecule is COC(=O)c1ccc(NC(C)C(C)(C)O)cc1. The van der Waals surface area contributed by atoms with Gasteiger partial charge in [-0.05, 0) is 45.0 Å². The van der Waals surface area contributed by atoms with E-state index in [9.17, 15) is 9.90 Å². The first-order chi connectivity index (χ1) is 7.84. The summed E-state index contributed by atoms with van der Waals surface area (Å²) in [4.78, 5) is 11.2. The molecule has 17 heavy (non-hydrogen) atoms. The highest BCUT2D eigenvalue weighted by Gasteiger charge is 2.21. The monoisotopic (exact) mass is 237 g/mol. The van der Waals surface area contributed by atoms with Crippen molar-refractivity contribution in [3.8, 4) is 0 Å². The number of nitrogens with one attached hydrogen (secondary N) is 1. The second kappa shape index (κ2) is 5.19. The van der Waals surface area contributed by atoms with Crippen LogP contribution in [0.1, 0.15) is 31.1 Å². The van der Waals surface area contributed by atoms with Crippen molar-refractivity contribution in [2.75, 3.05) is 12.4 Å². The molecule has 4 heteroatoms. The molecule has 0 aliphatic rings. The number of benzene rings is 1. The Morgan fingerprint density at radius 3 is 2.29 bits per heavy atom. The van der Waals surface area contributed by atoms with Crippen molar-refractivity contribution in [3.63, 3.8) is 0 Å². The fourth-order valence-electron chi connectivity index (χ4n) is 1.25. The lowest BCUT2D eigenvalue weighted by molar-refractivity contribution is 0.0599. The van der Waals surface area contributed by atoms with Gasteiger partial charge in [0.2, 0.25) is 0 Å². The van der Waals surface area contributed by atoms with Crippen LogP contribution in [0.2, 0.25) is 0 Å². The van der Waals surface area contributed by atoms with Gasteiger partial charge in [0.15, 0.2) is 0 Å². The van der Waals surface area contributed by atoms with E-state index in [1.807, 2.05) is 6.92 Å². The van der Waals surface area contributed by atoms with Crippen molar-refractivity contribution in [1.29, 1.82) is 0 Å². The number of hydrogen-bond donors (Lipinski definition) is 2. The molecule has 0 spiro atoms. The third kappa shape index (κ3) is 3.75. The summed E-state index contributed by atoms with van der Waals surface area (Å²) in [5, 5.41) is 13.0. The van der Waals surface area contributed by atoms with Crippen molar-refractivity contribution >= 4 is 11.7 Å². The number of ether oxygens (including phenoxy) is 1. The Bertz CT molecular complexity index is 379. The molecule has 1 aromatic carbocycles. The molecule has 0 fully saturated rings. The zero-order chi connectivity index (χ0) is 13.1. The molecule has 0 aliphatic carbocycles. The fourth-order valence-corrected chi connectivity index (χ4v) is 1.25. The second-order valence-corrected chi connectivity index (χ2v) is 4.59. The first kappa shape index (κ1) is 13.5. The van der Waals surface area contributed by atoms with E-state index in [0.29, 0.717) is 5.56 Å². The van der Waals surface area contributed by atoms with Gasteiger partial charge in [-0.3, -0.25) is 0 Å². The number of hydrogen-bond acceptors (Lipinski definition) is 4. The Morgan fingerprint density at radius 2 is 1.88 bits per heavy atom. The van der Waals surface area contributed by atoms with Crippen molar-refractivity contribution in [2.45, 2.75) is 32.4 Å². The predicted octanol–water partition coefficient (Wildman–Crippen LogP) is 2.04. The highest BCUT2D eigenvalue weighted by molar-refractivity contribution is 5.89. The predicted molar refractivity (Wildman–Crippen MR) is 67.2 cm³/mol. The number of esters is 1. The summed E-state index contributed by atoms with van der Waals surface area (Å²) >= 11 is 0. The van der Waals surface area contributed by atoms with Crippen LogP contribution in [0, 0.1) is 0 Å². The topological polar surface area (TPSA) is 58.6 Å². The lowest BCUT2D eigenvalue weighted by Crippen LogP contribution is -2.39. The maximum absolute atomic E-state index is 11.2. The summed E-state index contributed by atoms with van der Waals surface area (Å²) in [5.41, 5.74) is 0.558. The molecule has 0 radical (unpaired) electrons. The Labute approximate surface area is 102 Å². The molecular formula is C13H19NO3. The van der Waals surface area contributed by atoms with E-state index >= 15 is 0 Å². The highest BCUT2D eigenvalue weighted by atomic mass is 16.5. The molecule has 1 rings (SSSR count). The van der Waals surface area contributed by atoms with Gasteiger partial charge in [-0.2, -0.15) is 0 Å². The second-order valence-electron chi connectivity index (χ2n) is 4.59. The summed E-state index contributed by atoms with van der Waals surface area (Å²) in [6.45, 7) is 5.38. The average molecular weight is 237 g/mol. The lowest BCUT2D eigenvalue weighted by atomic mass is 10.0. The summed E-state index contributed by atoms with van der Waals surface area (Å²) in [7, 11) is 1.35. The van der Waals surface area contributed by atoms with Crippen molar-refractivity contribution in [2.24, 2.45) is 0 Å². The van der Waals surface area contributed by atoms with E-state index in [2.05, 4.69) is 10.1 Å². The summed E-state index contributed by atoms with van der Waals surface area (Å²) in [6.07, 6.45) is 0. The van der Waals surface area contributed by atoms with Crippen LogP contribution in [0.15, 0.2) is 24.3 Å². The van der Waals surface area contributed by atoms with Crippen molar-refractivity contribution < 1.29 is 14.6 Å². The molecule has 0 saturated carbocycles. The number of carbonyl (C=O) groups is 1. The Hall–Kier alpha value is -1.55. The molecule has 1 unspecified atom stereocenters. The summed E-state index contributed by atoms with van der Waals surface area (Å²) < 4.78 is 4.61. The van der Waals surface area contributed by atoms with Crippen LogP contribution in [0.25, 0.3) is 0 Å². The van der Waals surface area contributed by atoms with E-state index in [4.69, 9.17) is 0 Å². The number of methoxy groups -OCH3 is 1. The number of rotatable bonds is 4. The minimum Gasteiger partial charge on any atom is -0.465 e. The molecule has 4 nitrogen and oxygen atoms in total. The molecule has 0 aliphatic heterocycles. The largest absolute Gasteiger partial charge is 0.465 e. The van der Waals surface area contributed by atoms with Crippen molar-refractivity contribution in [3.05, 3.63) is 29.8 Å². The standard InChI is InChI=1S/C13H19NO3/c1-9(13(2,3)16)14-11-7-5-10(6-8-11)12(15)17-4/h5-9,14,16H,1-4H3. The third-order valence-corrected chi connectivity index (χ3v) is 2.75. The molecule has 2 N–H and O–H groups in total. The van der Waals surface area contributed by atoms with Gasteiger partial charge >= 0.3 is 5.97 Å². The van der Waals surface area contributed by atoms with Gasteiger partial charge in [0, 0.05) is 5.69 Å². The van der Waals surface area contributed by atoms with Crippen LogP contribution in [0.3, 0.4) is 0 Å². The maximum atomic E-state index is 11.2. The molecule has 1 aromatic rings. The highest BCUT2D eigenvalue weighted by Crippen LogP contribution is 2.16. The molecule has 0 saturated heterocycles. The normalized spacial score (nSPS) is 13.0. The van der Waals surface area contributed by atoms with Crippen LogP contribution < -0.4 is 5.32 Å². The van der Waals surface area contributed by atoms with Crippen LogP contribution in [0.5, 0.6) is 0 Å².